The van der Waals surface area contributed by atoms with Gasteiger partial charge in [0.15, 0.2) is 6.10 Å². The van der Waals surface area contributed by atoms with Gasteiger partial charge in [0, 0.05) is 17.4 Å². The van der Waals surface area contributed by atoms with E-state index in [9.17, 15) is 26.4 Å². The topological polar surface area (TPSA) is 93.7 Å². The second-order valence-corrected chi connectivity index (χ2v) is 9.07. The standard InChI is InChI=1S/C24H23F3N2O5S/c1-3-22(34-20-9-5-8-19(15-20)33-2)23(30)28-17-10-12-21(13-11-17)35(31,32)29-18-7-4-6-16(14-18)24(25,26)27/h4-15,22,29H,3H2,1-2H3,(H,28,30)/t22-/m1/s1. The molecule has 0 heterocycles. The summed E-state index contributed by atoms with van der Waals surface area (Å²) in [5, 5.41) is 2.66. The molecule has 0 aliphatic carbocycles. The SMILES string of the molecule is CC[C@@H](Oc1cccc(OC)c1)C(=O)Nc1ccc(S(=O)(=O)Nc2cccc(C(F)(F)F)c2)cc1. The lowest BCUT2D eigenvalue weighted by atomic mass is 10.2. The summed E-state index contributed by atoms with van der Waals surface area (Å²) < 4.78 is 76.9. The highest BCUT2D eigenvalue weighted by atomic mass is 32.2. The minimum Gasteiger partial charge on any atom is -0.497 e. The molecule has 0 saturated carbocycles. The first-order valence-electron chi connectivity index (χ1n) is 10.4. The summed E-state index contributed by atoms with van der Waals surface area (Å²) in [4.78, 5) is 12.5. The van der Waals surface area contributed by atoms with E-state index in [1.54, 1.807) is 31.2 Å². The molecular weight excluding hydrogens is 485 g/mol. The van der Waals surface area contributed by atoms with Gasteiger partial charge in [-0.15, -0.1) is 0 Å². The normalized spacial score (nSPS) is 12.5. The first-order valence-corrected chi connectivity index (χ1v) is 11.9. The zero-order valence-corrected chi connectivity index (χ0v) is 19.6. The van der Waals surface area contributed by atoms with Gasteiger partial charge in [-0.25, -0.2) is 8.42 Å². The van der Waals surface area contributed by atoms with Crippen molar-refractivity contribution < 1.29 is 35.9 Å². The van der Waals surface area contributed by atoms with Crippen LogP contribution >= 0.6 is 0 Å². The molecule has 11 heteroatoms. The van der Waals surface area contributed by atoms with Crippen molar-refractivity contribution in [2.75, 3.05) is 17.1 Å². The number of ether oxygens (including phenoxy) is 2. The van der Waals surface area contributed by atoms with Crippen molar-refractivity contribution >= 4 is 27.3 Å². The molecule has 0 aliphatic rings. The van der Waals surface area contributed by atoms with Crippen molar-refractivity contribution in [2.45, 2.75) is 30.5 Å². The molecule has 7 nitrogen and oxygen atoms in total. The monoisotopic (exact) mass is 508 g/mol. The number of halogens is 3. The zero-order valence-electron chi connectivity index (χ0n) is 18.8. The molecule has 0 radical (unpaired) electrons. The predicted molar refractivity (Wildman–Crippen MR) is 125 cm³/mol. The first kappa shape index (κ1) is 25.9. The Kier molecular flexibility index (Phi) is 7.90. The van der Waals surface area contributed by atoms with Crippen LogP contribution in [0.2, 0.25) is 0 Å². The van der Waals surface area contributed by atoms with Crippen LogP contribution < -0.4 is 19.5 Å². The number of hydrogen-bond acceptors (Lipinski definition) is 5. The Bertz CT molecular complexity index is 1280. The summed E-state index contributed by atoms with van der Waals surface area (Å²) in [6, 6.07) is 15.9. The van der Waals surface area contributed by atoms with Gasteiger partial charge in [0.05, 0.1) is 17.6 Å². The number of amides is 1. The summed E-state index contributed by atoms with van der Waals surface area (Å²) >= 11 is 0. The Morgan fingerprint density at radius 2 is 1.60 bits per heavy atom. The molecule has 186 valence electrons. The Hall–Kier alpha value is -3.73. The minimum atomic E-state index is -4.60. The van der Waals surface area contributed by atoms with Crippen LogP contribution in [0, 0.1) is 0 Å². The molecule has 0 unspecified atom stereocenters. The molecule has 35 heavy (non-hydrogen) atoms. The fourth-order valence-corrected chi connectivity index (χ4v) is 4.12. The fraction of sp³-hybridized carbons (Fsp3) is 0.208. The average molecular weight is 509 g/mol. The summed E-state index contributed by atoms with van der Waals surface area (Å²) in [6.07, 6.45) is -5.04. The lowest BCUT2D eigenvalue weighted by molar-refractivity contribution is -0.137. The maximum Gasteiger partial charge on any atom is 0.416 e. The second-order valence-electron chi connectivity index (χ2n) is 7.39. The van der Waals surface area contributed by atoms with Gasteiger partial charge in [0.2, 0.25) is 0 Å². The first-order chi connectivity index (χ1) is 16.5. The third kappa shape index (κ3) is 6.89. The fourth-order valence-electron chi connectivity index (χ4n) is 3.07. The van der Waals surface area contributed by atoms with E-state index in [0.717, 1.165) is 12.1 Å². The van der Waals surface area contributed by atoms with E-state index in [2.05, 4.69) is 10.0 Å². The molecule has 2 N–H and O–H groups in total. The summed E-state index contributed by atoms with van der Waals surface area (Å²) in [5.41, 5.74) is -0.879. The number of methoxy groups -OCH3 is 1. The number of benzene rings is 3. The van der Waals surface area contributed by atoms with Crippen LogP contribution in [0.5, 0.6) is 11.5 Å². The third-order valence-corrected chi connectivity index (χ3v) is 6.25. The molecule has 0 aromatic heterocycles. The molecule has 0 saturated heterocycles. The number of nitrogens with one attached hydrogen (secondary N) is 2. The van der Waals surface area contributed by atoms with Crippen LogP contribution in [-0.4, -0.2) is 27.5 Å². The van der Waals surface area contributed by atoms with Crippen molar-refractivity contribution in [2.24, 2.45) is 0 Å². The van der Waals surface area contributed by atoms with Crippen molar-refractivity contribution in [3.63, 3.8) is 0 Å². The molecule has 3 aromatic rings. The van der Waals surface area contributed by atoms with E-state index in [-0.39, 0.29) is 10.6 Å². The van der Waals surface area contributed by atoms with Gasteiger partial charge < -0.3 is 14.8 Å². The minimum absolute atomic E-state index is 0.187. The number of anilines is 2. The molecule has 0 bridgehead atoms. The van der Waals surface area contributed by atoms with Gasteiger partial charge >= 0.3 is 6.18 Å². The van der Waals surface area contributed by atoms with E-state index in [4.69, 9.17) is 9.47 Å². The van der Waals surface area contributed by atoms with Gasteiger partial charge in [-0.1, -0.05) is 19.1 Å². The number of rotatable bonds is 9. The largest absolute Gasteiger partial charge is 0.497 e. The quantitative estimate of drug-likeness (QED) is 0.409. The maximum absolute atomic E-state index is 12.9. The molecule has 3 rings (SSSR count). The number of hydrogen-bond donors (Lipinski definition) is 2. The molecule has 0 fully saturated rings. The van der Waals surface area contributed by atoms with E-state index in [1.165, 1.54) is 37.4 Å². The summed E-state index contributed by atoms with van der Waals surface area (Å²) in [5.74, 6) is 0.592. The van der Waals surface area contributed by atoms with Gasteiger partial charge in [0.1, 0.15) is 11.5 Å². The van der Waals surface area contributed by atoms with E-state index >= 15 is 0 Å². The smallest absolute Gasteiger partial charge is 0.416 e. The van der Waals surface area contributed by atoms with Gasteiger partial charge in [-0.2, -0.15) is 13.2 Å². The highest BCUT2D eigenvalue weighted by Gasteiger charge is 2.30. The summed E-state index contributed by atoms with van der Waals surface area (Å²) in [7, 11) is -2.64. The lowest BCUT2D eigenvalue weighted by Gasteiger charge is -2.18. The molecule has 1 amide bonds. The number of sulfonamides is 1. The van der Waals surface area contributed by atoms with Crippen LogP contribution in [0.1, 0.15) is 18.9 Å². The van der Waals surface area contributed by atoms with Crippen molar-refractivity contribution in [3.8, 4) is 11.5 Å². The highest BCUT2D eigenvalue weighted by molar-refractivity contribution is 7.92. The lowest BCUT2D eigenvalue weighted by Crippen LogP contribution is -2.32. The van der Waals surface area contributed by atoms with E-state index < -0.39 is 33.8 Å². The predicted octanol–water partition coefficient (Wildman–Crippen LogP) is 5.31. The Morgan fingerprint density at radius 1 is 0.943 bits per heavy atom. The molecule has 0 spiro atoms. The number of alkyl halides is 3. The van der Waals surface area contributed by atoms with Gasteiger partial charge in [0.25, 0.3) is 15.9 Å². The maximum atomic E-state index is 12.9. The van der Waals surface area contributed by atoms with Crippen LogP contribution in [0.15, 0.2) is 77.7 Å². The Balaban J connectivity index is 1.68. The van der Waals surface area contributed by atoms with Crippen LogP contribution in [0.3, 0.4) is 0 Å². The van der Waals surface area contributed by atoms with E-state index in [1.807, 2.05) is 0 Å². The van der Waals surface area contributed by atoms with Crippen molar-refractivity contribution in [1.29, 1.82) is 0 Å². The average Bonchev–Trinajstić information content (AvgIpc) is 2.82. The second kappa shape index (κ2) is 10.7. The Labute approximate surface area is 200 Å². The van der Waals surface area contributed by atoms with Crippen LogP contribution in [-0.2, 0) is 21.0 Å². The molecule has 0 aliphatic heterocycles. The highest BCUT2D eigenvalue weighted by Crippen LogP contribution is 2.31. The third-order valence-electron chi connectivity index (χ3n) is 4.86. The van der Waals surface area contributed by atoms with Crippen molar-refractivity contribution in [1.82, 2.24) is 0 Å². The summed E-state index contributed by atoms with van der Waals surface area (Å²) in [6.45, 7) is 1.78. The molecular formula is C24H23F3N2O5S. The van der Waals surface area contributed by atoms with E-state index in [0.29, 0.717) is 29.7 Å². The van der Waals surface area contributed by atoms with Crippen LogP contribution in [0.4, 0.5) is 24.5 Å². The number of carbonyl (C=O) groups is 1. The van der Waals surface area contributed by atoms with Gasteiger partial charge in [-0.3, -0.25) is 9.52 Å². The molecule has 1 atom stereocenters. The van der Waals surface area contributed by atoms with Crippen molar-refractivity contribution in [3.05, 3.63) is 78.4 Å². The zero-order chi connectivity index (χ0) is 25.6. The Morgan fingerprint density at radius 3 is 2.23 bits per heavy atom. The van der Waals surface area contributed by atoms with Crippen LogP contribution in [0.25, 0.3) is 0 Å². The molecule has 3 aromatic carbocycles. The van der Waals surface area contributed by atoms with Gasteiger partial charge in [-0.05, 0) is 61.0 Å². The number of carbonyl (C=O) groups excluding carboxylic acids is 1.